The summed E-state index contributed by atoms with van der Waals surface area (Å²) in [6.07, 6.45) is 2.99. The zero-order valence-corrected chi connectivity index (χ0v) is 14.5. The molecule has 2 aliphatic heterocycles. The Morgan fingerprint density at radius 3 is 2.65 bits per heavy atom. The summed E-state index contributed by atoms with van der Waals surface area (Å²) in [6, 6.07) is 6.96. The van der Waals surface area contributed by atoms with Crippen LogP contribution >= 0.6 is 0 Å². The van der Waals surface area contributed by atoms with Crippen LogP contribution in [-0.2, 0) is 17.7 Å². The highest BCUT2D eigenvalue weighted by Crippen LogP contribution is 2.30. The van der Waals surface area contributed by atoms with E-state index in [4.69, 9.17) is 4.74 Å². The number of piperidine rings is 1. The summed E-state index contributed by atoms with van der Waals surface area (Å²) in [6.45, 7) is 9.39. The van der Waals surface area contributed by atoms with Gasteiger partial charge in [-0.05, 0) is 69.2 Å². The number of hydrogen-bond donors (Lipinski definition) is 1. The third kappa shape index (κ3) is 4.05. The summed E-state index contributed by atoms with van der Waals surface area (Å²) in [7, 11) is 0. The van der Waals surface area contributed by atoms with E-state index in [0.717, 1.165) is 45.4 Å². The number of benzene rings is 1. The highest BCUT2D eigenvalue weighted by Gasteiger charge is 2.27. The van der Waals surface area contributed by atoms with E-state index in [9.17, 15) is 4.79 Å². The summed E-state index contributed by atoms with van der Waals surface area (Å²) >= 11 is 0. The molecule has 0 bridgehead atoms. The molecule has 23 heavy (non-hydrogen) atoms. The van der Waals surface area contributed by atoms with E-state index in [1.807, 2.05) is 25.7 Å². The van der Waals surface area contributed by atoms with Gasteiger partial charge in [-0.15, -0.1) is 0 Å². The Balaban J connectivity index is 1.60. The van der Waals surface area contributed by atoms with Crippen LogP contribution < -0.4 is 5.32 Å². The van der Waals surface area contributed by atoms with Gasteiger partial charge in [0.05, 0.1) is 0 Å². The maximum Gasteiger partial charge on any atom is 0.410 e. The first kappa shape index (κ1) is 16.3. The zero-order valence-electron chi connectivity index (χ0n) is 14.5. The van der Waals surface area contributed by atoms with Gasteiger partial charge in [-0.2, -0.15) is 0 Å². The molecule has 0 radical (unpaired) electrons. The van der Waals surface area contributed by atoms with E-state index in [1.54, 1.807) is 0 Å². The van der Waals surface area contributed by atoms with Crippen LogP contribution in [0.5, 0.6) is 0 Å². The van der Waals surface area contributed by atoms with Crippen molar-refractivity contribution in [2.75, 3.05) is 19.6 Å². The van der Waals surface area contributed by atoms with Crippen LogP contribution in [0, 0.1) is 0 Å². The molecule has 0 aromatic heterocycles. The lowest BCUT2D eigenvalue weighted by molar-refractivity contribution is 0.0205. The molecule has 3 rings (SSSR count). The summed E-state index contributed by atoms with van der Waals surface area (Å²) in [5.74, 6) is 0.556. The van der Waals surface area contributed by atoms with E-state index in [2.05, 4.69) is 23.5 Å². The molecule has 1 aromatic carbocycles. The largest absolute Gasteiger partial charge is 0.444 e. The first-order valence-electron chi connectivity index (χ1n) is 8.73. The number of nitrogens with zero attached hydrogens (tertiary/aromatic N) is 1. The van der Waals surface area contributed by atoms with E-state index in [-0.39, 0.29) is 6.09 Å². The van der Waals surface area contributed by atoms with Gasteiger partial charge >= 0.3 is 6.09 Å². The number of fused-ring (bicyclic) bond motifs is 1. The van der Waals surface area contributed by atoms with Crippen molar-refractivity contribution in [2.45, 2.75) is 58.1 Å². The Bertz CT molecular complexity index is 569. The van der Waals surface area contributed by atoms with E-state index in [0.29, 0.717) is 5.92 Å². The molecular formula is C19H28N2O2. The van der Waals surface area contributed by atoms with Crippen molar-refractivity contribution in [3.05, 3.63) is 34.9 Å². The fourth-order valence-corrected chi connectivity index (χ4v) is 3.48. The smallest absolute Gasteiger partial charge is 0.410 e. The molecule has 0 spiro atoms. The summed E-state index contributed by atoms with van der Waals surface area (Å²) in [5, 5.41) is 3.45. The van der Waals surface area contributed by atoms with E-state index < -0.39 is 5.60 Å². The number of carbonyl (C=O) groups is 1. The molecular weight excluding hydrogens is 288 g/mol. The first-order valence-corrected chi connectivity index (χ1v) is 8.73. The van der Waals surface area contributed by atoms with Crippen LogP contribution in [0.4, 0.5) is 4.79 Å². The Kier molecular flexibility index (Phi) is 4.62. The fraction of sp³-hybridized carbons (Fsp3) is 0.632. The van der Waals surface area contributed by atoms with Crippen molar-refractivity contribution in [3.8, 4) is 0 Å². The second-order valence-corrected chi connectivity index (χ2v) is 7.70. The number of nitrogens with one attached hydrogen (secondary N) is 1. The molecule has 0 saturated carbocycles. The third-order valence-electron chi connectivity index (χ3n) is 4.73. The summed E-state index contributed by atoms with van der Waals surface area (Å²) < 4.78 is 5.47. The molecule has 1 aromatic rings. The average Bonchev–Trinajstić information content (AvgIpc) is 2.53. The molecule has 2 heterocycles. The molecule has 1 saturated heterocycles. The second-order valence-electron chi connectivity index (χ2n) is 7.70. The van der Waals surface area contributed by atoms with Gasteiger partial charge in [0.1, 0.15) is 5.60 Å². The van der Waals surface area contributed by atoms with Gasteiger partial charge in [0.2, 0.25) is 0 Å². The van der Waals surface area contributed by atoms with Gasteiger partial charge in [-0.1, -0.05) is 18.2 Å². The Labute approximate surface area is 139 Å². The lowest BCUT2D eigenvalue weighted by Gasteiger charge is -2.34. The van der Waals surface area contributed by atoms with Gasteiger partial charge in [-0.25, -0.2) is 4.79 Å². The molecule has 1 N–H and O–H groups in total. The van der Waals surface area contributed by atoms with Gasteiger partial charge in [0.25, 0.3) is 0 Å². The maximum atomic E-state index is 12.1. The average molecular weight is 316 g/mol. The van der Waals surface area contributed by atoms with Crippen LogP contribution in [0.2, 0.25) is 0 Å². The van der Waals surface area contributed by atoms with Crippen LogP contribution in [0.25, 0.3) is 0 Å². The summed E-state index contributed by atoms with van der Waals surface area (Å²) in [5.41, 5.74) is 3.94. The standard InChI is InChI=1S/C19H28N2O2/c1-19(2,3)23-18(22)21-10-7-15(8-11-21)16-5-4-14-6-9-20-13-17(14)12-16/h4-5,12,15,20H,6-11,13H2,1-3H3. The van der Waals surface area contributed by atoms with E-state index >= 15 is 0 Å². The van der Waals surface area contributed by atoms with Gasteiger partial charge in [0.15, 0.2) is 0 Å². The minimum atomic E-state index is -0.417. The third-order valence-corrected chi connectivity index (χ3v) is 4.73. The Hall–Kier alpha value is -1.55. The van der Waals surface area contributed by atoms with Crippen LogP contribution in [0.15, 0.2) is 18.2 Å². The van der Waals surface area contributed by atoms with Crippen molar-refractivity contribution in [1.29, 1.82) is 0 Å². The predicted molar refractivity (Wildman–Crippen MR) is 91.6 cm³/mol. The number of ether oxygens (including phenoxy) is 1. The highest BCUT2D eigenvalue weighted by atomic mass is 16.6. The van der Waals surface area contributed by atoms with Crippen molar-refractivity contribution in [1.82, 2.24) is 10.2 Å². The molecule has 1 fully saturated rings. The van der Waals surface area contributed by atoms with E-state index in [1.165, 1.54) is 16.7 Å². The van der Waals surface area contributed by atoms with Gasteiger partial charge in [-0.3, -0.25) is 0 Å². The molecule has 4 nitrogen and oxygen atoms in total. The van der Waals surface area contributed by atoms with Crippen LogP contribution in [-0.4, -0.2) is 36.2 Å². The predicted octanol–water partition coefficient (Wildman–Crippen LogP) is 3.45. The lowest BCUT2D eigenvalue weighted by Crippen LogP contribution is -2.41. The summed E-state index contributed by atoms with van der Waals surface area (Å²) in [4.78, 5) is 14.0. The molecule has 0 unspecified atom stereocenters. The maximum absolute atomic E-state index is 12.1. The zero-order chi connectivity index (χ0) is 16.4. The van der Waals surface area contributed by atoms with Crippen LogP contribution in [0.1, 0.15) is 56.2 Å². The number of rotatable bonds is 1. The first-order chi connectivity index (χ1) is 10.9. The van der Waals surface area contributed by atoms with Crippen LogP contribution in [0.3, 0.4) is 0 Å². The molecule has 2 aliphatic rings. The molecule has 126 valence electrons. The van der Waals surface area contributed by atoms with Crippen molar-refractivity contribution in [3.63, 3.8) is 0 Å². The monoisotopic (exact) mass is 316 g/mol. The number of carbonyl (C=O) groups excluding carboxylic acids is 1. The minimum Gasteiger partial charge on any atom is -0.444 e. The van der Waals surface area contributed by atoms with Crippen molar-refractivity contribution >= 4 is 6.09 Å². The highest BCUT2D eigenvalue weighted by molar-refractivity contribution is 5.68. The normalized spacial score (nSPS) is 19.3. The molecule has 1 amide bonds. The SMILES string of the molecule is CC(C)(C)OC(=O)N1CCC(c2ccc3c(c2)CNCC3)CC1. The molecule has 0 aliphatic carbocycles. The number of hydrogen-bond acceptors (Lipinski definition) is 3. The molecule has 4 heteroatoms. The minimum absolute atomic E-state index is 0.175. The fourth-order valence-electron chi connectivity index (χ4n) is 3.48. The van der Waals surface area contributed by atoms with Crippen molar-refractivity contribution < 1.29 is 9.53 Å². The Morgan fingerprint density at radius 1 is 1.22 bits per heavy atom. The Morgan fingerprint density at radius 2 is 1.96 bits per heavy atom. The quantitative estimate of drug-likeness (QED) is 0.863. The molecule has 0 atom stereocenters. The second kappa shape index (κ2) is 6.52. The van der Waals surface area contributed by atoms with Gasteiger partial charge < -0.3 is 15.0 Å². The topological polar surface area (TPSA) is 41.6 Å². The lowest BCUT2D eigenvalue weighted by atomic mass is 9.87. The van der Waals surface area contributed by atoms with Crippen molar-refractivity contribution in [2.24, 2.45) is 0 Å². The van der Waals surface area contributed by atoms with Gasteiger partial charge in [0, 0.05) is 19.6 Å². The number of likely N-dealkylation sites (tertiary alicyclic amines) is 1. The number of amides is 1.